The molecule has 0 saturated heterocycles. The van der Waals surface area contributed by atoms with Crippen molar-refractivity contribution in [2.75, 3.05) is 0 Å². The largest absolute Gasteiger partial charge is 0.491 e. The van der Waals surface area contributed by atoms with Gasteiger partial charge in [0.25, 0.3) is 5.91 Å². The van der Waals surface area contributed by atoms with Gasteiger partial charge in [0.05, 0.1) is 17.4 Å². The van der Waals surface area contributed by atoms with Crippen LogP contribution in [0.15, 0.2) is 53.6 Å². The number of nitrogens with one attached hydrogen (secondary N) is 1. The Hall–Kier alpha value is -2.69. The number of rotatable bonds is 5. The number of carbonyl (C=O) groups excluding carboxylic acids is 1. The van der Waals surface area contributed by atoms with Crippen LogP contribution in [0.1, 0.15) is 36.7 Å². The summed E-state index contributed by atoms with van der Waals surface area (Å²) >= 11 is 0. The average Bonchev–Trinajstić information content (AvgIpc) is 2.53. The molecule has 2 aromatic rings. The minimum Gasteiger partial charge on any atom is -0.491 e. The first kappa shape index (κ1) is 16.7. The molecule has 23 heavy (non-hydrogen) atoms. The van der Waals surface area contributed by atoms with Crippen molar-refractivity contribution in [3.8, 4) is 5.75 Å². The fraction of sp³-hybridized carbons (Fsp3) is 0.222. The van der Waals surface area contributed by atoms with E-state index in [9.17, 15) is 9.18 Å². The second kappa shape index (κ2) is 7.54. The highest BCUT2D eigenvalue weighted by Crippen LogP contribution is 2.14. The Morgan fingerprint density at radius 3 is 2.39 bits per heavy atom. The summed E-state index contributed by atoms with van der Waals surface area (Å²) in [7, 11) is 0. The quantitative estimate of drug-likeness (QED) is 0.674. The van der Waals surface area contributed by atoms with Crippen molar-refractivity contribution >= 4 is 11.6 Å². The number of nitrogens with zero attached hydrogens (tertiary/aromatic N) is 1. The summed E-state index contributed by atoms with van der Waals surface area (Å²) in [5.41, 5.74) is 3.78. The monoisotopic (exact) mass is 314 g/mol. The predicted octanol–water partition coefficient (Wildman–Crippen LogP) is 3.77. The van der Waals surface area contributed by atoms with Crippen LogP contribution in [0.4, 0.5) is 4.39 Å². The normalized spacial score (nSPS) is 11.4. The van der Waals surface area contributed by atoms with E-state index in [1.54, 1.807) is 13.0 Å². The first-order chi connectivity index (χ1) is 11.0. The van der Waals surface area contributed by atoms with E-state index in [0.717, 1.165) is 11.3 Å². The highest BCUT2D eigenvalue weighted by atomic mass is 19.1. The molecule has 0 bridgehead atoms. The van der Waals surface area contributed by atoms with E-state index >= 15 is 0 Å². The van der Waals surface area contributed by atoms with Gasteiger partial charge in [-0.1, -0.05) is 12.1 Å². The lowest BCUT2D eigenvalue weighted by Gasteiger charge is -2.10. The summed E-state index contributed by atoms with van der Waals surface area (Å²) < 4.78 is 19.1. The first-order valence-corrected chi connectivity index (χ1v) is 7.33. The Bertz CT molecular complexity index is 709. The molecule has 120 valence electrons. The molecule has 4 nitrogen and oxygen atoms in total. The molecule has 0 aliphatic carbocycles. The number of ether oxygens (including phenoxy) is 1. The lowest BCUT2D eigenvalue weighted by Crippen LogP contribution is -2.20. The van der Waals surface area contributed by atoms with Crippen molar-refractivity contribution in [1.82, 2.24) is 5.43 Å². The molecule has 1 N–H and O–H groups in total. The average molecular weight is 314 g/mol. The molecule has 0 heterocycles. The van der Waals surface area contributed by atoms with Crippen LogP contribution in [0.3, 0.4) is 0 Å². The van der Waals surface area contributed by atoms with Crippen LogP contribution in [-0.2, 0) is 0 Å². The molecule has 0 aliphatic rings. The van der Waals surface area contributed by atoms with E-state index < -0.39 is 11.7 Å². The lowest BCUT2D eigenvalue weighted by atomic mass is 10.1. The molecule has 0 atom stereocenters. The standard InChI is InChI=1S/C18H19FN2O2/c1-12(2)23-15-10-8-14(9-11-15)13(3)20-21-18(22)16-6-4-5-7-17(16)19/h4-12H,1-3H3,(H,21,22)/b20-13-. The minimum absolute atomic E-state index is 0.0373. The molecule has 0 unspecified atom stereocenters. The zero-order valence-corrected chi connectivity index (χ0v) is 13.3. The maximum absolute atomic E-state index is 13.5. The van der Waals surface area contributed by atoms with Crippen molar-refractivity contribution in [2.45, 2.75) is 26.9 Å². The highest BCUT2D eigenvalue weighted by molar-refractivity contribution is 6.00. The Kier molecular flexibility index (Phi) is 5.46. The van der Waals surface area contributed by atoms with Crippen LogP contribution in [0.25, 0.3) is 0 Å². The van der Waals surface area contributed by atoms with Gasteiger partial charge < -0.3 is 4.74 Å². The van der Waals surface area contributed by atoms with Gasteiger partial charge in [0.15, 0.2) is 0 Å². The fourth-order valence-corrected chi connectivity index (χ4v) is 1.95. The molecule has 5 heteroatoms. The summed E-state index contributed by atoms with van der Waals surface area (Å²) in [5, 5.41) is 4.01. The summed E-state index contributed by atoms with van der Waals surface area (Å²) in [4.78, 5) is 11.9. The Morgan fingerprint density at radius 2 is 1.78 bits per heavy atom. The molecule has 0 saturated carbocycles. The second-order valence-corrected chi connectivity index (χ2v) is 5.31. The zero-order chi connectivity index (χ0) is 16.8. The van der Waals surface area contributed by atoms with E-state index in [0.29, 0.717) is 5.71 Å². The SMILES string of the molecule is C/C(=N/NC(=O)c1ccccc1F)c1ccc(OC(C)C)cc1. The number of halogens is 1. The third-order valence-corrected chi connectivity index (χ3v) is 3.09. The van der Waals surface area contributed by atoms with Gasteiger partial charge in [0, 0.05) is 0 Å². The van der Waals surface area contributed by atoms with Gasteiger partial charge in [0.2, 0.25) is 0 Å². The van der Waals surface area contributed by atoms with Crippen molar-refractivity contribution in [3.63, 3.8) is 0 Å². The van der Waals surface area contributed by atoms with Crippen LogP contribution in [0, 0.1) is 5.82 Å². The second-order valence-electron chi connectivity index (χ2n) is 5.31. The van der Waals surface area contributed by atoms with Crippen molar-refractivity contribution in [3.05, 3.63) is 65.5 Å². The lowest BCUT2D eigenvalue weighted by molar-refractivity contribution is 0.0951. The van der Waals surface area contributed by atoms with E-state index in [1.807, 2.05) is 38.1 Å². The number of benzene rings is 2. The van der Waals surface area contributed by atoms with Gasteiger partial charge in [-0.15, -0.1) is 0 Å². The summed E-state index contributed by atoms with van der Waals surface area (Å²) in [5.74, 6) is -0.387. The van der Waals surface area contributed by atoms with Gasteiger partial charge in [-0.25, -0.2) is 9.82 Å². The summed E-state index contributed by atoms with van der Waals surface area (Å²) in [6.45, 7) is 5.68. The van der Waals surface area contributed by atoms with Crippen LogP contribution < -0.4 is 10.2 Å². The molecule has 1 amide bonds. The van der Waals surface area contributed by atoms with Crippen LogP contribution in [0.5, 0.6) is 5.75 Å². The van der Waals surface area contributed by atoms with Gasteiger partial charge in [-0.2, -0.15) is 5.10 Å². The van der Waals surface area contributed by atoms with Gasteiger partial charge >= 0.3 is 0 Å². The highest BCUT2D eigenvalue weighted by Gasteiger charge is 2.10. The third kappa shape index (κ3) is 4.64. The predicted molar refractivity (Wildman–Crippen MR) is 88.3 cm³/mol. The van der Waals surface area contributed by atoms with Gasteiger partial charge in [-0.05, 0) is 62.7 Å². The third-order valence-electron chi connectivity index (χ3n) is 3.09. The van der Waals surface area contributed by atoms with Crippen molar-refractivity contribution in [1.29, 1.82) is 0 Å². The Morgan fingerprint density at radius 1 is 1.13 bits per heavy atom. The van der Waals surface area contributed by atoms with Gasteiger partial charge in [-0.3, -0.25) is 4.79 Å². The van der Waals surface area contributed by atoms with Gasteiger partial charge in [0.1, 0.15) is 11.6 Å². The maximum atomic E-state index is 13.5. The number of amides is 1. The molecule has 2 aromatic carbocycles. The van der Waals surface area contributed by atoms with Crippen molar-refractivity contribution in [2.24, 2.45) is 5.10 Å². The Balaban J connectivity index is 2.05. The maximum Gasteiger partial charge on any atom is 0.274 e. The fourth-order valence-electron chi connectivity index (χ4n) is 1.95. The Labute approximate surface area is 135 Å². The molecule has 0 spiro atoms. The first-order valence-electron chi connectivity index (χ1n) is 7.33. The molecule has 2 rings (SSSR count). The van der Waals surface area contributed by atoms with Crippen LogP contribution >= 0.6 is 0 Å². The smallest absolute Gasteiger partial charge is 0.274 e. The molecule has 0 radical (unpaired) electrons. The van der Waals surface area contributed by atoms with Crippen LogP contribution in [-0.4, -0.2) is 17.7 Å². The molecule has 0 fully saturated rings. The molecular formula is C18H19FN2O2. The number of hydrogen-bond donors (Lipinski definition) is 1. The topological polar surface area (TPSA) is 50.7 Å². The van der Waals surface area contributed by atoms with E-state index in [1.165, 1.54) is 18.2 Å². The molecular weight excluding hydrogens is 295 g/mol. The number of hydrogen-bond acceptors (Lipinski definition) is 3. The van der Waals surface area contributed by atoms with Crippen molar-refractivity contribution < 1.29 is 13.9 Å². The molecule has 0 aliphatic heterocycles. The minimum atomic E-state index is -0.581. The number of hydrazone groups is 1. The summed E-state index contributed by atoms with van der Waals surface area (Å²) in [6, 6.07) is 13.2. The zero-order valence-electron chi connectivity index (χ0n) is 13.3. The number of carbonyl (C=O) groups is 1. The van der Waals surface area contributed by atoms with E-state index in [4.69, 9.17) is 4.74 Å². The summed E-state index contributed by atoms with van der Waals surface area (Å²) in [6.07, 6.45) is 0.107. The molecule has 0 aromatic heterocycles. The van der Waals surface area contributed by atoms with Crippen LogP contribution in [0.2, 0.25) is 0 Å². The van der Waals surface area contributed by atoms with E-state index in [2.05, 4.69) is 10.5 Å². The van der Waals surface area contributed by atoms with E-state index in [-0.39, 0.29) is 11.7 Å².